The Bertz CT molecular complexity index is 1050. The summed E-state index contributed by atoms with van der Waals surface area (Å²) in [5.41, 5.74) is 3.04. The Hall–Kier alpha value is -3.42. The third-order valence-corrected chi connectivity index (χ3v) is 5.23. The lowest BCUT2D eigenvalue weighted by atomic mass is 9.97. The van der Waals surface area contributed by atoms with E-state index in [1.165, 1.54) is 0 Å². The lowest BCUT2D eigenvalue weighted by molar-refractivity contribution is -0.121. The summed E-state index contributed by atoms with van der Waals surface area (Å²) in [7, 11) is 1.84. The van der Waals surface area contributed by atoms with E-state index in [0.29, 0.717) is 18.8 Å². The van der Waals surface area contributed by atoms with Crippen molar-refractivity contribution in [2.24, 2.45) is 13.0 Å². The summed E-state index contributed by atoms with van der Waals surface area (Å²) in [5, 5.41) is 11.1. The fraction of sp³-hybridized carbons (Fsp3) is 0.333. The van der Waals surface area contributed by atoms with Crippen molar-refractivity contribution in [1.82, 2.24) is 19.7 Å². The Labute approximate surface area is 168 Å². The summed E-state index contributed by atoms with van der Waals surface area (Å²) in [4.78, 5) is 31.4. The van der Waals surface area contributed by atoms with Crippen LogP contribution in [0.4, 0.5) is 16.2 Å². The molecule has 2 aromatic heterocycles. The van der Waals surface area contributed by atoms with Crippen LogP contribution in [0.5, 0.6) is 0 Å². The molecule has 1 aromatic carbocycles. The van der Waals surface area contributed by atoms with Gasteiger partial charge in [-0.25, -0.2) is 9.78 Å². The Morgan fingerprint density at radius 1 is 1.14 bits per heavy atom. The van der Waals surface area contributed by atoms with Crippen LogP contribution in [0, 0.1) is 12.8 Å². The topological polar surface area (TPSA) is 92.2 Å². The Morgan fingerprint density at radius 3 is 2.72 bits per heavy atom. The molecule has 3 heterocycles. The van der Waals surface area contributed by atoms with E-state index in [9.17, 15) is 9.59 Å². The smallest absolute Gasteiger partial charge is 0.321 e. The largest absolute Gasteiger partial charge is 0.324 e. The first-order valence-corrected chi connectivity index (χ1v) is 9.72. The van der Waals surface area contributed by atoms with Crippen LogP contribution in [-0.2, 0) is 11.8 Å². The molecule has 1 atom stereocenters. The van der Waals surface area contributed by atoms with E-state index in [2.05, 4.69) is 20.7 Å². The van der Waals surface area contributed by atoms with E-state index in [-0.39, 0.29) is 17.9 Å². The second kappa shape index (κ2) is 7.90. The van der Waals surface area contributed by atoms with E-state index in [0.717, 1.165) is 35.3 Å². The quantitative estimate of drug-likeness (QED) is 0.716. The number of hydrogen-bond acceptors (Lipinski definition) is 4. The van der Waals surface area contributed by atoms with Crippen LogP contribution >= 0.6 is 0 Å². The Morgan fingerprint density at radius 2 is 1.93 bits per heavy atom. The van der Waals surface area contributed by atoms with Crippen LogP contribution in [-0.4, -0.2) is 44.7 Å². The summed E-state index contributed by atoms with van der Waals surface area (Å²) in [5.74, 6) is -0.346. The van der Waals surface area contributed by atoms with Gasteiger partial charge >= 0.3 is 6.03 Å². The number of rotatable bonds is 3. The predicted molar refractivity (Wildman–Crippen MR) is 112 cm³/mol. The predicted octanol–water partition coefficient (Wildman–Crippen LogP) is 3.16. The molecule has 150 valence electrons. The van der Waals surface area contributed by atoms with E-state index in [1.807, 2.05) is 50.4 Å². The van der Waals surface area contributed by atoms with Gasteiger partial charge in [0.25, 0.3) is 0 Å². The molecule has 0 aliphatic carbocycles. The van der Waals surface area contributed by atoms with Crippen molar-refractivity contribution in [2.45, 2.75) is 19.8 Å². The fourth-order valence-corrected chi connectivity index (χ4v) is 3.72. The number of nitrogens with one attached hydrogen (secondary N) is 2. The minimum atomic E-state index is -0.254. The normalized spacial score (nSPS) is 16.6. The molecule has 0 bridgehead atoms. The number of pyridine rings is 1. The van der Waals surface area contributed by atoms with Crippen molar-refractivity contribution in [1.29, 1.82) is 0 Å². The maximum Gasteiger partial charge on any atom is 0.321 e. The lowest BCUT2D eigenvalue weighted by Gasteiger charge is -2.32. The fourth-order valence-electron chi connectivity index (χ4n) is 3.72. The van der Waals surface area contributed by atoms with Crippen molar-refractivity contribution in [3.63, 3.8) is 0 Å². The molecule has 1 fully saturated rings. The van der Waals surface area contributed by atoms with Crippen LogP contribution < -0.4 is 10.6 Å². The number of aromatic nitrogens is 3. The van der Waals surface area contributed by atoms with E-state index < -0.39 is 0 Å². The average molecular weight is 392 g/mol. The summed E-state index contributed by atoms with van der Waals surface area (Å²) in [6, 6.07) is 11.0. The first-order valence-electron chi connectivity index (χ1n) is 9.72. The first-order chi connectivity index (χ1) is 14.0. The zero-order valence-corrected chi connectivity index (χ0v) is 16.6. The molecule has 1 saturated heterocycles. The highest BCUT2D eigenvalue weighted by Gasteiger charge is 2.28. The number of anilines is 2. The number of hydrogen-bond donors (Lipinski definition) is 2. The highest BCUT2D eigenvalue weighted by atomic mass is 16.2. The number of aryl methyl sites for hydroxylation is 2. The second-order valence-electron chi connectivity index (χ2n) is 7.37. The monoisotopic (exact) mass is 392 g/mol. The van der Waals surface area contributed by atoms with E-state index >= 15 is 0 Å². The van der Waals surface area contributed by atoms with Crippen molar-refractivity contribution in [3.05, 3.63) is 48.3 Å². The van der Waals surface area contributed by atoms with Gasteiger partial charge in [0, 0.05) is 31.2 Å². The Balaban J connectivity index is 1.41. The third kappa shape index (κ3) is 4.06. The number of urea groups is 1. The lowest BCUT2D eigenvalue weighted by Crippen LogP contribution is -2.45. The highest BCUT2D eigenvalue weighted by Crippen LogP contribution is 2.22. The van der Waals surface area contributed by atoms with Gasteiger partial charge in [-0.2, -0.15) is 5.10 Å². The van der Waals surface area contributed by atoms with Crippen LogP contribution in [0.1, 0.15) is 18.5 Å². The number of carbonyl (C=O) groups excluding carboxylic acids is 2. The maximum atomic E-state index is 12.8. The van der Waals surface area contributed by atoms with Crippen LogP contribution in [0.2, 0.25) is 0 Å². The van der Waals surface area contributed by atoms with Gasteiger partial charge in [-0.1, -0.05) is 18.2 Å². The molecular weight excluding hydrogens is 368 g/mol. The molecule has 8 heteroatoms. The summed E-state index contributed by atoms with van der Waals surface area (Å²) < 4.78 is 1.72. The molecule has 8 nitrogen and oxygen atoms in total. The number of amides is 3. The number of nitrogens with zero attached hydrogens (tertiary/aromatic N) is 4. The third-order valence-electron chi connectivity index (χ3n) is 5.23. The van der Waals surface area contributed by atoms with Crippen molar-refractivity contribution >= 4 is 34.3 Å². The molecule has 1 aliphatic rings. The summed E-state index contributed by atoms with van der Waals surface area (Å²) in [6.45, 7) is 2.96. The van der Waals surface area contributed by atoms with Gasteiger partial charge in [0.1, 0.15) is 0 Å². The number of piperidine rings is 1. The molecule has 0 saturated carbocycles. The van der Waals surface area contributed by atoms with Gasteiger partial charge in [0.05, 0.1) is 23.5 Å². The van der Waals surface area contributed by atoms with Gasteiger partial charge in [-0.05, 0) is 38.0 Å². The van der Waals surface area contributed by atoms with Crippen LogP contribution in [0.25, 0.3) is 11.0 Å². The van der Waals surface area contributed by atoms with Gasteiger partial charge in [0.15, 0.2) is 5.65 Å². The zero-order chi connectivity index (χ0) is 20.4. The molecule has 2 N–H and O–H groups in total. The highest BCUT2D eigenvalue weighted by molar-refractivity contribution is 5.95. The molecule has 0 spiro atoms. The standard InChI is InChI=1S/C21H24N6O2/c1-14-18-11-17(12-22-19(18)26(2)25-14)23-20(28)15-7-6-10-27(13-15)21(29)24-16-8-4-3-5-9-16/h3-5,8-9,11-12,15H,6-7,10,13H2,1-2H3,(H,23,28)(H,24,29). The SMILES string of the molecule is Cc1nn(C)c2ncc(NC(=O)C3CCCN(C(=O)Nc4ccccc4)C3)cc12. The maximum absolute atomic E-state index is 12.8. The second-order valence-corrected chi connectivity index (χ2v) is 7.37. The molecule has 3 aromatic rings. The molecule has 3 amide bonds. The molecule has 4 rings (SSSR count). The van der Waals surface area contributed by atoms with Crippen molar-refractivity contribution < 1.29 is 9.59 Å². The number of likely N-dealkylation sites (tertiary alicyclic amines) is 1. The van der Waals surface area contributed by atoms with Gasteiger partial charge in [-0.15, -0.1) is 0 Å². The molecule has 1 aliphatic heterocycles. The molecule has 29 heavy (non-hydrogen) atoms. The number of fused-ring (bicyclic) bond motifs is 1. The average Bonchev–Trinajstić information content (AvgIpc) is 3.02. The van der Waals surface area contributed by atoms with E-state index in [4.69, 9.17) is 0 Å². The van der Waals surface area contributed by atoms with Gasteiger partial charge in [0.2, 0.25) is 5.91 Å². The first kappa shape index (κ1) is 18.9. The minimum Gasteiger partial charge on any atom is -0.324 e. The number of para-hydroxylation sites is 1. The van der Waals surface area contributed by atoms with Gasteiger partial charge in [-0.3, -0.25) is 9.48 Å². The number of carbonyl (C=O) groups is 2. The minimum absolute atomic E-state index is 0.0927. The van der Waals surface area contributed by atoms with Crippen molar-refractivity contribution in [2.75, 3.05) is 23.7 Å². The van der Waals surface area contributed by atoms with Crippen LogP contribution in [0.15, 0.2) is 42.6 Å². The van der Waals surface area contributed by atoms with Crippen molar-refractivity contribution in [3.8, 4) is 0 Å². The van der Waals surface area contributed by atoms with Crippen LogP contribution in [0.3, 0.4) is 0 Å². The number of benzene rings is 1. The Kier molecular flexibility index (Phi) is 5.16. The van der Waals surface area contributed by atoms with Gasteiger partial charge < -0.3 is 15.5 Å². The molecule has 0 radical (unpaired) electrons. The summed E-state index contributed by atoms with van der Waals surface area (Å²) in [6.07, 6.45) is 3.19. The zero-order valence-electron chi connectivity index (χ0n) is 16.6. The molecule has 1 unspecified atom stereocenters. The van der Waals surface area contributed by atoms with E-state index in [1.54, 1.807) is 15.8 Å². The molecular formula is C21H24N6O2. The summed E-state index contributed by atoms with van der Waals surface area (Å²) >= 11 is 0.